The molecule has 7 heteroatoms. The molecule has 1 aromatic heterocycles. The minimum Gasteiger partial charge on any atom is -0.324 e. The van der Waals surface area contributed by atoms with Crippen molar-refractivity contribution in [3.8, 4) is 11.4 Å². The van der Waals surface area contributed by atoms with Crippen LogP contribution >= 0.6 is 0 Å². The Morgan fingerprint density at radius 3 is 2.40 bits per heavy atom. The van der Waals surface area contributed by atoms with Crippen LogP contribution in [0.5, 0.6) is 0 Å². The van der Waals surface area contributed by atoms with Crippen molar-refractivity contribution in [3.63, 3.8) is 0 Å². The van der Waals surface area contributed by atoms with Gasteiger partial charge in [-0.1, -0.05) is 0 Å². The van der Waals surface area contributed by atoms with E-state index < -0.39 is 9.84 Å². The lowest BCUT2D eigenvalue weighted by molar-refractivity contribution is 0.602. The molecule has 0 radical (unpaired) electrons. The van der Waals surface area contributed by atoms with Crippen LogP contribution in [0.4, 0.5) is 0 Å². The first-order valence-corrected chi connectivity index (χ1v) is 8.34. The summed E-state index contributed by atoms with van der Waals surface area (Å²) in [6.45, 7) is 0.352. The number of hydrogen-bond donors (Lipinski definition) is 1. The lowest BCUT2D eigenvalue weighted by Crippen LogP contribution is -2.08. The van der Waals surface area contributed by atoms with E-state index in [0.29, 0.717) is 17.5 Å². The topological polar surface area (TPSA) is 90.9 Å². The Kier molecular flexibility index (Phi) is 3.10. The van der Waals surface area contributed by atoms with Gasteiger partial charge in [-0.25, -0.2) is 8.42 Å². The standard InChI is InChI=1S/C13H16N4O2S/c1-20(18,19)11-6-2-9(3-7-11)13-16-15-12(8-14)17(13)10-4-5-10/h2-3,6-7,10H,4-5,8,14H2,1H3. The van der Waals surface area contributed by atoms with E-state index in [1.54, 1.807) is 24.3 Å². The third-order valence-electron chi connectivity index (χ3n) is 3.40. The van der Waals surface area contributed by atoms with Crippen molar-refractivity contribution in [1.29, 1.82) is 0 Å². The van der Waals surface area contributed by atoms with Crippen molar-refractivity contribution in [3.05, 3.63) is 30.1 Å². The highest BCUT2D eigenvalue weighted by Gasteiger charge is 2.29. The molecule has 1 aliphatic rings. The van der Waals surface area contributed by atoms with E-state index in [1.807, 2.05) is 0 Å². The van der Waals surface area contributed by atoms with Gasteiger partial charge in [-0.2, -0.15) is 0 Å². The van der Waals surface area contributed by atoms with Gasteiger partial charge in [0.05, 0.1) is 11.4 Å². The van der Waals surface area contributed by atoms with E-state index in [1.165, 1.54) is 6.26 Å². The molecule has 1 aromatic carbocycles. The van der Waals surface area contributed by atoms with E-state index in [2.05, 4.69) is 14.8 Å². The highest BCUT2D eigenvalue weighted by atomic mass is 32.2. The number of nitrogens with zero attached hydrogens (tertiary/aromatic N) is 3. The van der Waals surface area contributed by atoms with Gasteiger partial charge >= 0.3 is 0 Å². The average Bonchev–Trinajstić information content (AvgIpc) is 3.17. The predicted molar refractivity (Wildman–Crippen MR) is 74.7 cm³/mol. The summed E-state index contributed by atoms with van der Waals surface area (Å²) in [5.74, 6) is 1.53. The molecule has 1 aliphatic carbocycles. The Labute approximate surface area is 117 Å². The summed E-state index contributed by atoms with van der Waals surface area (Å²) in [6.07, 6.45) is 3.42. The highest BCUT2D eigenvalue weighted by Crippen LogP contribution is 2.38. The molecule has 2 N–H and O–H groups in total. The molecule has 20 heavy (non-hydrogen) atoms. The Bertz CT molecular complexity index is 730. The van der Waals surface area contributed by atoms with Crippen LogP contribution in [0, 0.1) is 0 Å². The first-order chi connectivity index (χ1) is 9.50. The third-order valence-corrected chi connectivity index (χ3v) is 4.53. The molecule has 0 bridgehead atoms. The van der Waals surface area contributed by atoms with Crippen LogP contribution in [0.1, 0.15) is 24.7 Å². The van der Waals surface area contributed by atoms with Crippen molar-refractivity contribution in [1.82, 2.24) is 14.8 Å². The fourth-order valence-corrected chi connectivity index (χ4v) is 2.86. The SMILES string of the molecule is CS(=O)(=O)c1ccc(-c2nnc(CN)n2C2CC2)cc1. The normalized spacial score (nSPS) is 15.5. The number of nitrogens with two attached hydrogens (primary N) is 1. The zero-order chi connectivity index (χ0) is 14.3. The van der Waals surface area contributed by atoms with Crippen LogP contribution < -0.4 is 5.73 Å². The number of hydrogen-bond acceptors (Lipinski definition) is 5. The average molecular weight is 292 g/mol. The largest absolute Gasteiger partial charge is 0.324 e. The van der Waals surface area contributed by atoms with Gasteiger partial charge in [-0.15, -0.1) is 10.2 Å². The van der Waals surface area contributed by atoms with Gasteiger partial charge < -0.3 is 10.3 Å². The summed E-state index contributed by atoms with van der Waals surface area (Å²) in [5.41, 5.74) is 6.54. The first-order valence-electron chi connectivity index (χ1n) is 6.45. The molecule has 6 nitrogen and oxygen atoms in total. The number of sulfone groups is 1. The molecule has 3 rings (SSSR count). The van der Waals surface area contributed by atoms with Crippen LogP contribution in [0.2, 0.25) is 0 Å². The molecule has 0 saturated heterocycles. The zero-order valence-electron chi connectivity index (χ0n) is 11.2. The van der Waals surface area contributed by atoms with Gasteiger partial charge in [0.25, 0.3) is 0 Å². The molecular weight excluding hydrogens is 276 g/mol. The van der Waals surface area contributed by atoms with Crippen LogP contribution in [0.3, 0.4) is 0 Å². The van der Waals surface area contributed by atoms with Gasteiger partial charge in [-0.05, 0) is 37.1 Å². The molecule has 0 unspecified atom stereocenters. The maximum Gasteiger partial charge on any atom is 0.175 e. The van der Waals surface area contributed by atoms with Crippen molar-refractivity contribution in [2.24, 2.45) is 5.73 Å². The summed E-state index contributed by atoms with van der Waals surface area (Å²) in [7, 11) is -3.18. The van der Waals surface area contributed by atoms with Gasteiger partial charge in [-0.3, -0.25) is 0 Å². The summed E-state index contributed by atoms with van der Waals surface area (Å²) in [6, 6.07) is 7.14. The van der Waals surface area contributed by atoms with Crippen molar-refractivity contribution < 1.29 is 8.42 Å². The lowest BCUT2D eigenvalue weighted by atomic mass is 10.2. The molecule has 1 heterocycles. The Morgan fingerprint density at radius 1 is 1.25 bits per heavy atom. The van der Waals surface area contributed by atoms with Gasteiger partial charge in [0, 0.05) is 17.9 Å². The third kappa shape index (κ3) is 2.34. The maximum absolute atomic E-state index is 11.5. The second-order valence-electron chi connectivity index (χ2n) is 5.04. The van der Waals surface area contributed by atoms with Crippen LogP contribution in [-0.2, 0) is 16.4 Å². The van der Waals surface area contributed by atoms with Crippen molar-refractivity contribution in [2.45, 2.75) is 30.3 Å². The Balaban J connectivity index is 2.03. The predicted octanol–water partition coefficient (Wildman–Crippen LogP) is 1.14. The molecule has 106 valence electrons. The van der Waals surface area contributed by atoms with E-state index in [9.17, 15) is 8.42 Å². The second-order valence-corrected chi connectivity index (χ2v) is 7.06. The van der Waals surface area contributed by atoms with Crippen molar-refractivity contribution >= 4 is 9.84 Å². The quantitative estimate of drug-likeness (QED) is 0.912. The van der Waals surface area contributed by atoms with E-state index in [4.69, 9.17) is 5.73 Å². The summed E-state index contributed by atoms with van der Waals surface area (Å²) in [4.78, 5) is 0.304. The van der Waals surface area contributed by atoms with Crippen LogP contribution in [0.25, 0.3) is 11.4 Å². The summed E-state index contributed by atoms with van der Waals surface area (Å²) >= 11 is 0. The monoisotopic (exact) mass is 292 g/mol. The van der Waals surface area contributed by atoms with Crippen LogP contribution in [0.15, 0.2) is 29.2 Å². The molecule has 2 aromatic rings. The maximum atomic E-state index is 11.5. The first kappa shape index (κ1) is 13.3. The van der Waals surface area contributed by atoms with Gasteiger partial charge in [0.2, 0.25) is 0 Å². The molecule has 0 spiro atoms. The fourth-order valence-electron chi connectivity index (χ4n) is 2.23. The minimum absolute atomic E-state index is 0.304. The fraction of sp³-hybridized carbons (Fsp3) is 0.385. The molecule has 0 aliphatic heterocycles. The molecular formula is C13H16N4O2S. The smallest absolute Gasteiger partial charge is 0.175 e. The van der Waals surface area contributed by atoms with E-state index in [-0.39, 0.29) is 0 Å². The van der Waals surface area contributed by atoms with Crippen molar-refractivity contribution in [2.75, 3.05) is 6.26 Å². The number of aromatic nitrogens is 3. The number of benzene rings is 1. The zero-order valence-corrected chi connectivity index (χ0v) is 12.0. The summed E-state index contributed by atoms with van der Waals surface area (Å²) in [5, 5.41) is 8.31. The second kappa shape index (κ2) is 4.68. The highest BCUT2D eigenvalue weighted by molar-refractivity contribution is 7.90. The molecule has 1 saturated carbocycles. The molecule has 0 atom stereocenters. The molecule has 1 fully saturated rings. The molecule has 0 amide bonds. The summed E-state index contributed by atoms with van der Waals surface area (Å²) < 4.78 is 25.0. The minimum atomic E-state index is -3.18. The van der Waals surface area contributed by atoms with E-state index >= 15 is 0 Å². The Hall–Kier alpha value is -1.73. The van der Waals surface area contributed by atoms with Crippen LogP contribution in [-0.4, -0.2) is 29.4 Å². The van der Waals surface area contributed by atoms with Gasteiger partial charge in [0.1, 0.15) is 5.82 Å². The lowest BCUT2D eigenvalue weighted by Gasteiger charge is -2.08. The number of rotatable bonds is 4. The van der Waals surface area contributed by atoms with Gasteiger partial charge in [0.15, 0.2) is 15.7 Å². The van der Waals surface area contributed by atoms with E-state index in [0.717, 1.165) is 30.1 Å². The Morgan fingerprint density at radius 2 is 1.90 bits per heavy atom.